The molecule has 1 aliphatic heterocycles. The molecule has 1 aliphatic carbocycles. The fourth-order valence-electron chi connectivity index (χ4n) is 4.50. The van der Waals surface area contributed by atoms with Gasteiger partial charge in [-0.1, -0.05) is 19.3 Å². The number of ether oxygens (including phenoxy) is 4. The molecule has 3 heterocycles. The van der Waals surface area contributed by atoms with Gasteiger partial charge in [0.15, 0.2) is 35.4 Å². The number of hydrogen-bond donors (Lipinski definition) is 1. The van der Waals surface area contributed by atoms with Crippen LogP contribution in [0.3, 0.4) is 0 Å². The van der Waals surface area contributed by atoms with Gasteiger partial charge in [-0.05, 0) is 12.8 Å². The molecule has 4 atom stereocenters. The van der Waals surface area contributed by atoms with Crippen LogP contribution in [0.25, 0.3) is 11.2 Å². The fraction of sp³-hybridized carbons (Fsp3) is 0.636. The maximum absolute atomic E-state index is 11.9. The number of anilines is 1. The molecule has 2 fully saturated rings. The molecule has 0 unspecified atom stereocenters. The summed E-state index contributed by atoms with van der Waals surface area (Å²) in [6, 6.07) is 0.315. The SMILES string of the molecule is CC(=O)OC[C@H]1O[C@@H](n2cnc3c(NC4CCCCC4)ncnc32)[C@H](OC(C)=O)[C@@H]1OC(C)=O. The third-order valence-corrected chi connectivity index (χ3v) is 5.92. The molecule has 0 bridgehead atoms. The first-order valence-corrected chi connectivity index (χ1v) is 11.4. The second-order valence-electron chi connectivity index (χ2n) is 8.54. The lowest BCUT2D eigenvalue weighted by molar-refractivity contribution is -0.166. The highest BCUT2D eigenvalue weighted by molar-refractivity contribution is 5.83. The van der Waals surface area contributed by atoms with Gasteiger partial charge in [0.25, 0.3) is 0 Å². The minimum Gasteiger partial charge on any atom is -0.463 e. The number of hydrogen-bond acceptors (Lipinski definition) is 11. The molecule has 2 aromatic rings. The number of aromatic nitrogens is 4. The largest absolute Gasteiger partial charge is 0.463 e. The molecule has 184 valence electrons. The summed E-state index contributed by atoms with van der Waals surface area (Å²) in [5.41, 5.74) is 1.01. The van der Waals surface area contributed by atoms with Gasteiger partial charge in [-0.25, -0.2) is 15.0 Å². The summed E-state index contributed by atoms with van der Waals surface area (Å²) in [6.07, 6.45) is 4.87. The second kappa shape index (κ2) is 10.3. The molecule has 2 aromatic heterocycles. The van der Waals surface area contributed by atoms with Gasteiger partial charge in [-0.3, -0.25) is 19.0 Å². The van der Waals surface area contributed by atoms with E-state index < -0.39 is 42.4 Å². The van der Waals surface area contributed by atoms with Gasteiger partial charge in [-0.15, -0.1) is 0 Å². The van der Waals surface area contributed by atoms with Gasteiger partial charge in [0.2, 0.25) is 0 Å². The topological polar surface area (TPSA) is 144 Å². The van der Waals surface area contributed by atoms with Gasteiger partial charge >= 0.3 is 17.9 Å². The van der Waals surface area contributed by atoms with Crippen molar-refractivity contribution in [2.24, 2.45) is 0 Å². The molecule has 0 radical (unpaired) electrons. The Morgan fingerprint density at radius 1 is 1.00 bits per heavy atom. The third-order valence-electron chi connectivity index (χ3n) is 5.92. The Labute approximate surface area is 196 Å². The smallest absolute Gasteiger partial charge is 0.303 e. The number of carbonyl (C=O) groups is 3. The van der Waals surface area contributed by atoms with E-state index in [0.29, 0.717) is 23.0 Å². The van der Waals surface area contributed by atoms with Crippen LogP contribution < -0.4 is 5.32 Å². The van der Waals surface area contributed by atoms with E-state index in [1.54, 1.807) is 4.57 Å². The van der Waals surface area contributed by atoms with Crippen molar-refractivity contribution < 1.29 is 33.3 Å². The number of rotatable bonds is 7. The van der Waals surface area contributed by atoms with Crippen molar-refractivity contribution in [3.8, 4) is 0 Å². The molecule has 1 saturated carbocycles. The number of carbonyl (C=O) groups excluding carboxylic acids is 3. The van der Waals surface area contributed by atoms with Gasteiger partial charge in [-0.2, -0.15) is 0 Å². The van der Waals surface area contributed by atoms with Crippen LogP contribution in [0, 0.1) is 0 Å². The van der Waals surface area contributed by atoms with Crippen molar-refractivity contribution in [1.82, 2.24) is 19.5 Å². The van der Waals surface area contributed by atoms with Crippen molar-refractivity contribution in [3.05, 3.63) is 12.7 Å². The summed E-state index contributed by atoms with van der Waals surface area (Å²) in [7, 11) is 0. The molecule has 0 amide bonds. The standard InChI is InChI=1S/C22H29N5O7/c1-12(28)31-9-16-18(32-13(2)29)19(33-14(3)30)22(34-16)27-11-25-17-20(23-10-24-21(17)27)26-15-7-5-4-6-8-15/h10-11,15-16,18-19,22H,4-9H2,1-3H3,(H,23,24,26)/t16-,18-,19-,22-/m1/s1. The monoisotopic (exact) mass is 475 g/mol. The third kappa shape index (κ3) is 5.27. The van der Waals surface area contributed by atoms with Crippen LogP contribution >= 0.6 is 0 Å². The highest BCUT2D eigenvalue weighted by atomic mass is 16.7. The van der Waals surface area contributed by atoms with Crippen LogP contribution in [-0.2, 0) is 33.3 Å². The van der Waals surface area contributed by atoms with Crippen molar-refractivity contribution in [2.45, 2.75) is 83.5 Å². The summed E-state index contributed by atoms with van der Waals surface area (Å²) < 4.78 is 23.7. The van der Waals surface area contributed by atoms with Gasteiger partial charge in [0.1, 0.15) is 19.0 Å². The second-order valence-corrected chi connectivity index (χ2v) is 8.54. The first-order valence-electron chi connectivity index (χ1n) is 11.4. The van der Waals surface area contributed by atoms with E-state index in [9.17, 15) is 14.4 Å². The molecule has 12 heteroatoms. The van der Waals surface area contributed by atoms with Crippen molar-refractivity contribution in [3.63, 3.8) is 0 Å². The van der Waals surface area contributed by atoms with E-state index in [4.69, 9.17) is 18.9 Å². The zero-order chi connectivity index (χ0) is 24.2. The summed E-state index contributed by atoms with van der Waals surface area (Å²) in [5, 5.41) is 3.47. The van der Waals surface area contributed by atoms with E-state index in [1.165, 1.54) is 52.7 Å². The Hall–Kier alpha value is -3.28. The Bertz CT molecular complexity index is 1050. The highest BCUT2D eigenvalue weighted by Gasteiger charge is 2.51. The molecule has 1 N–H and O–H groups in total. The lowest BCUT2D eigenvalue weighted by Gasteiger charge is -2.24. The van der Waals surface area contributed by atoms with Crippen LogP contribution in [0.2, 0.25) is 0 Å². The predicted octanol–water partition coefficient (Wildman–Crippen LogP) is 1.89. The minimum absolute atomic E-state index is 0.183. The Morgan fingerprint density at radius 3 is 2.38 bits per heavy atom. The van der Waals surface area contributed by atoms with Gasteiger partial charge < -0.3 is 24.3 Å². The summed E-state index contributed by atoms with van der Waals surface area (Å²) in [6.45, 7) is 3.57. The highest BCUT2D eigenvalue weighted by Crippen LogP contribution is 2.36. The van der Waals surface area contributed by atoms with E-state index in [-0.39, 0.29) is 6.61 Å². The molecule has 2 aliphatic rings. The summed E-state index contributed by atoms with van der Waals surface area (Å²) in [4.78, 5) is 48.3. The Kier molecular flexibility index (Phi) is 7.25. The number of nitrogens with zero attached hydrogens (tertiary/aromatic N) is 4. The van der Waals surface area contributed by atoms with E-state index in [2.05, 4.69) is 20.3 Å². The number of imidazole rings is 1. The minimum atomic E-state index is -1.01. The van der Waals surface area contributed by atoms with Crippen LogP contribution in [0.1, 0.15) is 59.1 Å². The lowest BCUT2D eigenvalue weighted by atomic mass is 9.95. The Balaban J connectivity index is 1.66. The average Bonchev–Trinajstić information content (AvgIpc) is 3.35. The van der Waals surface area contributed by atoms with E-state index in [0.717, 1.165) is 12.8 Å². The van der Waals surface area contributed by atoms with Gasteiger partial charge in [0.05, 0.1) is 6.33 Å². The first kappa shape index (κ1) is 23.9. The molecule has 0 aromatic carbocycles. The van der Waals surface area contributed by atoms with Crippen LogP contribution in [0.5, 0.6) is 0 Å². The molecule has 12 nitrogen and oxygen atoms in total. The first-order chi connectivity index (χ1) is 16.3. The summed E-state index contributed by atoms with van der Waals surface area (Å²) in [5.74, 6) is -1.07. The average molecular weight is 476 g/mol. The maximum Gasteiger partial charge on any atom is 0.303 e. The van der Waals surface area contributed by atoms with E-state index in [1.807, 2.05) is 0 Å². The molecule has 0 spiro atoms. The summed E-state index contributed by atoms with van der Waals surface area (Å²) >= 11 is 0. The molecular formula is C22H29N5O7. The van der Waals surface area contributed by atoms with E-state index >= 15 is 0 Å². The zero-order valence-electron chi connectivity index (χ0n) is 19.4. The molecule has 4 rings (SSSR count). The van der Waals surface area contributed by atoms with Crippen molar-refractivity contribution >= 4 is 34.9 Å². The quantitative estimate of drug-likeness (QED) is 0.463. The van der Waals surface area contributed by atoms with Crippen LogP contribution in [0.15, 0.2) is 12.7 Å². The van der Waals surface area contributed by atoms with Crippen LogP contribution in [0.4, 0.5) is 5.82 Å². The maximum atomic E-state index is 11.9. The zero-order valence-corrected chi connectivity index (χ0v) is 19.4. The van der Waals surface area contributed by atoms with Crippen molar-refractivity contribution in [1.29, 1.82) is 0 Å². The van der Waals surface area contributed by atoms with Crippen LogP contribution in [-0.4, -0.2) is 68.4 Å². The normalized spacial score (nSPS) is 25.1. The van der Waals surface area contributed by atoms with Gasteiger partial charge in [0, 0.05) is 26.8 Å². The molecule has 34 heavy (non-hydrogen) atoms. The lowest BCUT2D eigenvalue weighted by Crippen LogP contribution is -2.40. The number of nitrogens with one attached hydrogen (secondary N) is 1. The Morgan fingerprint density at radius 2 is 1.71 bits per heavy atom. The number of esters is 3. The molecular weight excluding hydrogens is 446 g/mol. The molecule has 1 saturated heterocycles. The van der Waals surface area contributed by atoms with Crippen molar-refractivity contribution in [2.75, 3.05) is 11.9 Å². The fourth-order valence-corrected chi connectivity index (χ4v) is 4.50. The predicted molar refractivity (Wildman–Crippen MR) is 117 cm³/mol. The number of fused-ring (bicyclic) bond motifs is 1.